The monoisotopic (exact) mass is 205 g/mol. The molecule has 1 aromatic rings. The lowest BCUT2D eigenvalue weighted by Crippen LogP contribution is -2.48. The number of aromatic nitrogens is 2. The van der Waals surface area contributed by atoms with E-state index in [9.17, 15) is 0 Å². The van der Waals surface area contributed by atoms with Crippen molar-refractivity contribution in [3.05, 3.63) is 18.1 Å². The van der Waals surface area contributed by atoms with Gasteiger partial charge in [-0.2, -0.15) is 0 Å². The Morgan fingerprint density at radius 3 is 2.87 bits per heavy atom. The molecule has 0 bridgehead atoms. The number of aliphatic hydroxyl groups excluding tert-OH is 1. The van der Waals surface area contributed by atoms with Crippen molar-refractivity contribution in [2.24, 2.45) is 5.92 Å². The summed E-state index contributed by atoms with van der Waals surface area (Å²) in [4.78, 5) is 11.1. The van der Waals surface area contributed by atoms with Gasteiger partial charge in [0.25, 0.3) is 0 Å². The number of hydrogen-bond donors (Lipinski definition) is 1. The molecule has 1 aromatic heterocycles. The largest absolute Gasteiger partial charge is 0.396 e. The van der Waals surface area contributed by atoms with E-state index in [2.05, 4.69) is 14.9 Å². The highest BCUT2D eigenvalue weighted by Crippen LogP contribution is 2.38. The van der Waals surface area contributed by atoms with Crippen molar-refractivity contribution in [1.82, 2.24) is 9.97 Å². The summed E-state index contributed by atoms with van der Waals surface area (Å²) < 4.78 is 0. The van der Waals surface area contributed by atoms with E-state index in [0.717, 1.165) is 24.7 Å². The molecule has 0 aromatic carbocycles. The van der Waals surface area contributed by atoms with E-state index in [4.69, 9.17) is 5.11 Å². The van der Waals surface area contributed by atoms with Gasteiger partial charge in [-0.25, -0.2) is 9.97 Å². The van der Waals surface area contributed by atoms with Crippen molar-refractivity contribution in [3.8, 4) is 0 Å². The quantitative estimate of drug-likeness (QED) is 0.792. The molecule has 0 spiro atoms. The first-order chi connectivity index (χ1) is 7.36. The van der Waals surface area contributed by atoms with Gasteiger partial charge in [0, 0.05) is 37.7 Å². The predicted octanol–water partition coefficient (Wildman–Crippen LogP) is 0.782. The lowest BCUT2D eigenvalue weighted by Gasteiger charge is -2.39. The standard InChI is InChI=1S/C11H15N3O/c15-7-8-5-14(6-8)10-3-4-12-11(13-10)9-1-2-9/h3-4,8-9,15H,1-2,5-7H2. The highest BCUT2D eigenvalue weighted by Gasteiger charge is 2.30. The lowest BCUT2D eigenvalue weighted by atomic mass is 10.0. The van der Waals surface area contributed by atoms with Crippen molar-refractivity contribution in [2.45, 2.75) is 18.8 Å². The second-order valence-corrected chi connectivity index (χ2v) is 4.50. The fourth-order valence-corrected chi connectivity index (χ4v) is 1.95. The summed E-state index contributed by atoms with van der Waals surface area (Å²) in [6.07, 6.45) is 4.33. The maximum Gasteiger partial charge on any atom is 0.133 e. The molecule has 4 heteroatoms. The molecule has 80 valence electrons. The highest BCUT2D eigenvalue weighted by molar-refractivity contribution is 5.41. The number of aliphatic hydroxyl groups is 1. The Morgan fingerprint density at radius 1 is 1.40 bits per heavy atom. The van der Waals surface area contributed by atoms with Crippen LogP contribution in [0.15, 0.2) is 12.3 Å². The molecule has 2 aliphatic rings. The van der Waals surface area contributed by atoms with Crippen LogP contribution in [-0.2, 0) is 0 Å². The van der Waals surface area contributed by atoms with Gasteiger partial charge in [0.2, 0.25) is 0 Å². The van der Waals surface area contributed by atoms with Gasteiger partial charge in [-0.05, 0) is 18.9 Å². The Hall–Kier alpha value is -1.16. The Balaban J connectivity index is 1.72. The molecule has 4 nitrogen and oxygen atoms in total. The fourth-order valence-electron chi connectivity index (χ4n) is 1.95. The zero-order valence-electron chi connectivity index (χ0n) is 8.63. The minimum atomic E-state index is 0.289. The van der Waals surface area contributed by atoms with Crippen LogP contribution in [0, 0.1) is 5.92 Å². The Kier molecular flexibility index (Phi) is 2.09. The second kappa shape index (κ2) is 3.45. The molecule has 2 fully saturated rings. The maximum absolute atomic E-state index is 8.94. The zero-order valence-corrected chi connectivity index (χ0v) is 8.63. The molecule has 3 rings (SSSR count). The SMILES string of the molecule is OCC1CN(c2ccnc(C3CC3)n2)C1. The summed E-state index contributed by atoms with van der Waals surface area (Å²) in [6, 6.07) is 1.96. The van der Waals surface area contributed by atoms with Crippen molar-refractivity contribution >= 4 is 5.82 Å². The minimum absolute atomic E-state index is 0.289. The van der Waals surface area contributed by atoms with Crippen LogP contribution in [-0.4, -0.2) is 34.8 Å². The van der Waals surface area contributed by atoms with Gasteiger partial charge in [0.05, 0.1) is 0 Å². The van der Waals surface area contributed by atoms with Crippen LogP contribution in [0.3, 0.4) is 0 Å². The number of rotatable bonds is 3. The normalized spacial score (nSPS) is 21.5. The van der Waals surface area contributed by atoms with Gasteiger partial charge in [-0.3, -0.25) is 0 Å². The van der Waals surface area contributed by atoms with Crippen LogP contribution in [0.4, 0.5) is 5.82 Å². The van der Waals surface area contributed by atoms with Crippen LogP contribution < -0.4 is 4.90 Å². The van der Waals surface area contributed by atoms with Crippen LogP contribution >= 0.6 is 0 Å². The summed E-state index contributed by atoms with van der Waals surface area (Å²) in [5, 5.41) is 8.94. The summed E-state index contributed by atoms with van der Waals surface area (Å²) in [5.74, 6) is 3.07. The van der Waals surface area contributed by atoms with Crippen LogP contribution in [0.1, 0.15) is 24.6 Å². The topological polar surface area (TPSA) is 49.2 Å². The third kappa shape index (κ3) is 1.69. The molecule has 0 amide bonds. The van der Waals surface area contributed by atoms with Crippen LogP contribution in [0.25, 0.3) is 0 Å². The van der Waals surface area contributed by atoms with E-state index in [1.54, 1.807) is 0 Å². The van der Waals surface area contributed by atoms with Gasteiger partial charge in [-0.1, -0.05) is 0 Å². The summed E-state index contributed by atoms with van der Waals surface area (Å²) >= 11 is 0. The van der Waals surface area contributed by atoms with Crippen molar-refractivity contribution < 1.29 is 5.11 Å². The van der Waals surface area contributed by atoms with Crippen LogP contribution in [0.2, 0.25) is 0 Å². The molecule has 0 atom stereocenters. The molecule has 1 aliphatic carbocycles. The zero-order chi connectivity index (χ0) is 10.3. The summed E-state index contributed by atoms with van der Waals surface area (Å²) in [6.45, 7) is 2.15. The van der Waals surface area contributed by atoms with E-state index in [-0.39, 0.29) is 6.61 Å². The van der Waals surface area contributed by atoms with Gasteiger partial charge in [-0.15, -0.1) is 0 Å². The molecule has 1 saturated heterocycles. The molecular weight excluding hydrogens is 190 g/mol. The molecular formula is C11H15N3O. The van der Waals surface area contributed by atoms with E-state index in [1.165, 1.54) is 12.8 Å². The lowest BCUT2D eigenvalue weighted by molar-refractivity contribution is 0.200. The molecule has 2 heterocycles. The van der Waals surface area contributed by atoms with E-state index < -0.39 is 0 Å². The Morgan fingerprint density at radius 2 is 2.20 bits per heavy atom. The number of anilines is 1. The average molecular weight is 205 g/mol. The van der Waals surface area contributed by atoms with Gasteiger partial charge in [0.1, 0.15) is 11.6 Å². The number of hydrogen-bond acceptors (Lipinski definition) is 4. The molecule has 0 unspecified atom stereocenters. The molecule has 1 N–H and O–H groups in total. The second-order valence-electron chi connectivity index (χ2n) is 4.50. The predicted molar refractivity (Wildman–Crippen MR) is 56.8 cm³/mol. The first-order valence-electron chi connectivity index (χ1n) is 5.55. The highest BCUT2D eigenvalue weighted by atomic mass is 16.3. The van der Waals surface area contributed by atoms with Crippen molar-refractivity contribution in [3.63, 3.8) is 0 Å². The van der Waals surface area contributed by atoms with E-state index >= 15 is 0 Å². The fraction of sp³-hybridized carbons (Fsp3) is 0.636. The van der Waals surface area contributed by atoms with Crippen LogP contribution in [0.5, 0.6) is 0 Å². The van der Waals surface area contributed by atoms with Crippen molar-refractivity contribution in [1.29, 1.82) is 0 Å². The van der Waals surface area contributed by atoms with Crippen molar-refractivity contribution in [2.75, 3.05) is 24.6 Å². The average Bonchev–Trinajstić information content (AvgIpc) is 3.00. The molecule has 1 aliphatic heterocycles. The van der Waals surface area contributed by atoms with Gasteiger partial charge in [0.15, 0.2) is 0 Å². The smallest absolute Gasteiger partial charge is 0.133 e. The van der Waals surface area contributed by atoms with Gasteiger partial charge < -0.3 is 10.0 Å². The molecule has 1 saturated carbocycles. The summed E-state index contributed by atoms with van der Waals surface area (Å²) in [7, 11) is 0. The number of nitrogens with zero attached hydrogens (tertiary/aromatic N) is 3. The van der Waals surface area contributed by atoms with Gasteiger partial charge >= 0.3 is 0 Å². The maximum atomic E-state index is 8.94. The first kappa shape index (κ1) is 9.09. The molecule has 15 heavy (non-hydrogen) atoms. The minimum Gasteiger partial charge on any atom is -0.396 e. The Bertz CT molecular complexity index is 359. The Labute approximate surface area is 89.0 Å². The third-order valence-corrected chi connectivity index (χ3v) is 3.14. The third-order valence-electron chi connectivity index (χ3n) is 3.14. The van der Waals surface area contributed by atoms with E-state index in [1.807, 2.05) is 12.3 Å². The molecule has 0 radical (unpaired) electrons. The first-order valence-corrected chi connectivity index (χ1v) is 5.55. The van der Waals surface area contributed by atoms with E-state index in [0.29, 0.717) is 11.8 Å². The summed E-state index contributed by atoms with van der Waals surface area (Å²) in [5.41, 5.74) is 0.